The maximum atomic E-state index is 11.9. The lowest BCUT2D eigenvalue weighted by Gasteiger charge is -2.06. The first-order chi connectivity index (χ1) is 9.08. The number of hydrogen-bond acceptors (Lipinski definition) is 4. The summed E-state index contributed by atoms with van der Waals surface area (Å²) in [6.45, 7) is 0. The van der Waals surface area contributed by atoms with Gasteiger partial charge in [0.05, 0.1) is 10.6 Å². The number of aromatic nitrogens is 2. The van der Waals surface area contributed by atoms with E-state index in [9.17, 15) is 9.59 Å². The van der Waals surface area contributed by atoms with Crippen molar-refractivity contribution in [2.75, 3.05) is 5.32 Å². The van der Waals surface area contributed by atoms with Crippen molar-refractivity contribution in [1.29, 1.82) is 0 Å². The van der Waals surface area contributed by atoms with E-state index in [1.165, 1.54) is 36.8 Å². The third kappa shape index (κ3) is 3.05. The molecular weight excluding hydrogens is 270 g/mol. The maximum Gasteiger partial charge on any atom is 0.354 e. The number of nitrogens with zero attached hydrogens (tertiary/aromatic N) is 2. The van der Waals surface area contributed by atoms with Crippen molar-refractivity contribution in [2.24, 2.45) is 0 Å². The largest absolute Gasteiger partial charge is 0.477 e. The van der Waals surface area contributed by atoms with Crippen molar-refractivity contribution in [3.8, 4) is 0 Å². The van der Waals surface area contributed by atoms with E-state index < -0.39 is 11.9 Å². The number of halogens is 1. The van der Waals surface area contributed by atoms with Crippen molar-refractivity contribution in [1.82, 2.24) is 9.97 Å². The number of aromatic carboxylic acids is 1. The average Bonchev–Trinajstić information content (AvgIpc) is 2.39. The summed E-state index contributed by atoms with van der Waals surface area (Å²) in [5.41, 5.74) is 0.366. The highest BCUT2D eigenvalue weighted by Gasteiger charge is 2.12. The quantitative estimate of drug-likeness (QED) is 0.896. The minimum atomic E-state index is -1.17. The number of rotatable bonds is 3. The summed E-state index contributed by atoms with van der Waals surface area (Å²) < 4.78 is 0. The summed E-state index contributed by atoms with van der Waals surface area (Å²) in [4.78, 5) is 30.1. The topological polar surface area (TPSA) is 92.2 Å². The Morgan fingerprint density at radius 2 is 2.05 bits per heavy atom. The Balaban J connectivity index is 2.22. The summed E-state index contributed by atoms with van der Waals surface area (Å²) in [6, 6.07) is 4.23. The van der Waals surface area contributed by atoms with Gasteiger partial charge in [0.15, 0.2) is 0 Å². The molecule has 0 aliphatic heterocycles. The zero-order valence-corrected chi connectivity index (χ0v) is 10.3. The molecule has 2 rings (SSSR count). The third-order valence-electron chi connectivity index (χ3n) is 2.25. The molecule has 0 saturated heterocycles. The summed E-state index contributed by atoms with van der Waals surface area (Å²) in [7, 11) is 0. The van der Waals surface area contributed by atoms with E-state index in [4.69, 9.17) is 16.7 Å². The Kier molecular flexibility index (Phi) is 3.72. The second kappa shape index (κ2) is 5.45. The van der Waals surface area contributed by atoms with Crippen molar-refractivity contribution in [2.45, 2.75) is 0 Å². The van der Waals surface area contributed by atoms with Gasteiger partial charge in [-0.15, -0.1) is 0 Å². The molecule has 0 atom stereocenters. The molecule has 2 heterocycles. The first kappa shape index (κ1) is 13.0. The Morgan fingerprint density at radius 3 is 2.74 bits per heavy atom. The number of pyridine rings is 2. The van der Waals surface area contributed by atoms with Gasteiger partial charge in [-0.25, -0.2) is 9.78 Å². The van der Waals surface area contributed by atoms with Crippen LogP contribution in [0.15, 0.2) is 36.8 Å². The highest BCUT2D eigenvalue weighted by atomic mass is 35.5. The van der Waals surface area contributed by atoms with Gasteiger partial charge in [-0.3, -0.25) is 9.78 Å². The van der Waals surface area contributed by atoms with Crippen LogP contribution in [0.25, 0.3) is 0 Å². The van der Waals surface area contributed by atoms with Gasteiger partial charge in [0.25, 0.3) is 5.91 Å². The molecule has 0 unspecified atom stereocenters. The predicted octanol–water partition coefficient (Wildman–Crippen LogP) is 2.08. The molecule has 1 amide bonds. The van der Waals surface area contributed by atoms with Crippen molar-refractivity contribution >= 4 is 29.2 Å². The van der Waals surface area contributed by atoms with Gasteiger partial charge in [0.2, 0.25) is 0 Å². The Labute approximate surface area is 113 Å². The van der Waals surface area contributed by atoms with Gasteiger partial charge in [-0.2, -0.15) is 0 Å². The highest BCUT2D eigenvalue weighted by molar-refractivity contribution is 6.34. The van der Waals surface area contributed by atoms with E-state index in [1.807, 2.05) is 0 Å². The van der Waals surface area contributed by atoms with Crippen LogP contribution in [0.5, 0.6) is 0 Å². The lowest BCUT2D eigenvalue weighted by atomic mass is 10.2. The van der Waals surface area contributed by atoms with Crippen LogP contribution < -0.4 is 5.32 Å². The van der Waals surface area contributed by atoms with Gasteiger partial charge in [0, 0.05) is 24.3 Å². The van der Waals surface area contributed by atoms with Gasteiger partial charge in [0.1, 0.15) is 5.69 Å². The van der Waals surface area contributed by atoms with Gasteiger partial charge < -0.3 is 10.4 Å². The number of carbonyl (C=O) groups is 2. The average molecular weight is 278 g/mol. The smallest absolute Gasteiger partial charge is 0.354 e. The molecule has 96 valence electrons. The van der Waals surface area contributed by atoms with E-state index in [1.54, 1.807) is 0 Å². The molecule has 0 aliphatic rings. The molecule has 0 fully saturated rings. The van der Waals surface area contributed by atoms with Crippen LogP contribution in [0.1, 0.15) is 20.8 Å². The van der Waals surface area contributed by atoms with Crippen LogP contribution in [0.2, 0.25) is 5.02 Å². The lowest BCUT2D eigenvalue weighted by molar-refractivity contribution is 0.0690. The van der Waals surface area contributed by atoms with Gasteiger partial charge in [-0.1, -0.05) is 11.6 Å². The van der Waals surface area contributed by atoms with Crippen LogP contribution >= 0.6 is 11.6 Å². The van der Waals surface area contributed by atoms with Crippen LogP contribution in [0.3, 0.4) is 0 Å². The zero-order valence-electron chi connectivity index (χ0n) is 9.50. The molecule has 0 radical (unpaired) electrons. The fraction of sp³-hybridized carbons (Fsp3) is 0. The number of carboxylic acids is 1. The maximum absolute atomic E-state index is 11.9. The number of carboxylic acid groups (broad SMARTS) is 1. The monoisotopic (exact) mass is 277 g/mol. The third-order valence-corrected chi connectivity index (χ3v) is 2.58. The number of nitrogens with one attached hydrogen (secondary N) is 1. The molecule has 19 heavy (non-hydrogen) atoms. The number of amides is 1. The molecule has 2 aromatic rings. The van der Waals surface area contributed by atoms with Crippen LogP contribution in [0.4, 0.5) is 5.69 Å². The molecule has 0 bridgehead atoms. The predicted molar refractivity (Wildman–Crippen MR) is 68.4 cm³/mol. The minimum Gasteiger partial charge on any atom is -0.477 e. The normalized spacial score (nSPS) is 9.95. The van der Waals surface area contributed by atoms with Crippen molar-refractivity contribution in [3.05, 3.63) is 53.1 Å². The summed E-state index contributed by atoms with van der Waals surface area (Å²) in [5, 5.41) is 11.6. The Morgan fingerprint density at radius 1 is 1.26 bits per heavy atom. The standard InChI is InChI=1S/C12H8ClN3O3/c13-9-2-3-14-6-8(9)11(17)16-7-1-4-15-10(5-7)12(18)19/h1-6H,(H,18,19)(H,15,16,17). The summed E-state index contributed by atoms with van der Waals surface area (Å²) >= 11 is 5.86. The number of hydrogen-bond donors (Lipinski definition) is 2. The van der Waals surface area contributed by atoms with E-state index in [0.29, 0.717) is 5.69 Å². The molecule has 0 spiro atoms. The second-order valence-electron chi connectivity index (χ2n) is 3.54. The lowest BCUT2D eigenvalue weighted by Crippen LogP contribution is -2.13. The minimum absolute atomic E-state index is 0.157. The highest BCUT2D eigenvalue weighted by Crippen LogP contribution is 2.16. The van der Waals surface area contributed by atoms with E-state index in [0.717, 1.165) is 0 Å². The molecule has 7 heteroatoms. The molecule has 0 aliphatic carbocycles. The fourth-order valence-electron chi connectivity index (χ4n) is 1.37. The number of anilines is 1. The van der Waals surface area contributed by atoms with Crippen molar-refractivity contribution < 1.29 is 14.7 Å². The molecule has 2 N–H and O–H groups in total. The summed E-state index contributed by atoms with van der Waals surface area (Å²) in [5.74, 6) is -1.64. The van der Waals surface area contributed by atoms with Crippen molar-refractivity contribution in [3.63, 3.8) is 0 Å². The van der Waals surface area contributed by atoms with Gasteiger partial charge in [-0.05, 0) is 18.2 Å². The molecular formula is C12H8ClN3O3. The first-order valence-corrected chi connectivity index (χ1v) is 5.56. The zero-order chi connectivity index (χ0) is 13.8. The molecule has 0 aromatic carbocycles. The number of carbonyl (C=O) groups excluding carboxylic acids is 1. The second-order valence-corrected chi connectivity index (χ2v) is 3.95. The fourth-order valence-corrected chi connectivity index (χ4v) is 1.56. The molecule has 0 saturated carbocycles. The van der Waals surface area contributed by atoms with E-state index >= 15 is 0 Å². The van der Waals surface area contributed by atoms with Crippen LogP contribution in [0, 0.1) is 0 Å². The van der Waals surface area contributed by atoms with Gasteiger partial charge >= 0.3 is 5.97 Å². The molecule has 6 nitrogen and oxygen atoms in total. The first-order valence-electron chi connectivity index (χ1n) is 5.18. The van der Waals surface area contributed by atoms with E-state index in [2.05, 4.69) is 15.3 Å². The Hall–Kier alpha value is -2.47. The molecule has 2 aromatic heterocycles. The SMILES string of the molecule is O=C(O)c1cc(NC(=O)c2cnccc2Cl)ccn1. The van der Waals surface area contributed by atoms with E-state index in [-0.39, 0.29) is 16.3 Å². The van der Waals surface area contributed by atoms with Crippen LogP contribution in [-0.4, -0.2) is 27.0 Å². The Bertz CT molecular complexity index is 646. The van der Waals surface area contributed by atoms with Crippen LogP contribution in [-0.2, 0) is 0 Å². The summed E-state index contributed by atoms with van der Waals surface area (Å²) in [6.07, 6.45) is 4.09.